The molecular weight excluding hydrogens is 591 g/mol. The van der Waals surface area contributed by atoms with Gasteiger partial charge in [0.15, 0.2) is 11.3 Å². The molecule has 1 aliphatic heterocycles. The van der Waals surface area contributed by atoms with Gasteiger partial charge in [0.05, 0.1) is 17.7 Å². The van der Waals surface area contributed by atoms with E-state index in [1.54, 1.807) is 30.3 Å². The number of oxazole rings is 1. The zero-order valence-electron chi connectivity index (χ0n) is 25.4. The van der Waals surface area contributed by atoms with Crippen molar-refractivity contribution in [1.29, 1.82) is 0 Å². The van der Waals surface area contributed by atoms with Gasteiger partial charge in [-0.1, -0.05) is 44.2 Å². The number of alkyl halides is 3. The fraction of sp³-hybridized carbons (Fsp3) is 0.278. The van der Waals surface area contributed by atoms with Crippen LogP contribution in [0.25, 0.3) is 27.4 Å². The molecule has 0 spiro atoms. The number of carbonyl (C=O) groups is 1. The van der Waals surface area contributed by atoms with Gasteiger partial charge in [-0.15, -0.1) is 0 Å². The predicted octanol–water partition coefficient (Wildman–Crippen LogP) is 8.55. The molecule has 3 heterocycles. The summed E-state index contributed by atoms with van der Waals surface area (Å²) in [7, 11) is 0. The van der Waals surface area contributed by atoms with Crippen LogP contribution in [0.2, 0.25) is 0 Å². The summed E-state index contributed by atoms with van der Waals surface area (Å²) in [6.45, 7) is 13.1. The van der Waals surface area contributed by atoms with E-state index in [0.717, 1.165) is 29.0 Å². The van der Waals surface area contributed by atoms with Crippen molar-refractivity contribution in [3.05, 3.63) is 119 Å². The van der Waals surface area contributed by atoms with Crippen molar-refractivity contribution < 1.29 is 22.4 Å². The Kier molecular flexibility index (Phi) is 8.26. The predicted molar refractivity (Wildman–Crippen MR) is 171 cm³/mol. The summed E-state index contributed by atoms with van der Waals surface area (Å²) in [6.07, 6.45) is -2.19. The quantitative estimate of drug-likeness (QED) is 0.184. The van der Waals surface area contributed by atoms with E-state index in [2.05, 4.69) is 32.3 Å². The number of carbonyl (C=O) groups excluding carboxylic acids is 1. The maximum Gasteiger partial charge on any atom is 0.417 e. The fourth-order valence-electron chi connectivity index (χ4n) is 6.04. The minimum absolute atomic E-state index is 0.156. The molecule has 0 radical (unpaired) electrons. The molecule has 1 aliphatic rings. The monoisotopic (exact) mass is 623 g/mol. The number of anilines is 1. The standard InChI is InChI=1S/C36H32F3N5O2/c1-23(2)29-19-28(40-3)20-30-32(29)46-34(43-30)25-11-9-24(10-12-25)33(45)42-22-35(26-7-5-4-6-8-26)15-17-44(18-16-35)31-14-13-27(21-41-31)36(37,38)39/h4-14,19-21,23H,15-18,22H2,1-2H3,(H,42,45). The van der Waals surface area contributed by atoms with Crippen LogP contribution < -0.4 is 10.2 Å². The average Bonchev–Trinajstić information content (AvgIpc) is 3.51. The van der Waals surface area contributed by atoms with Crippen LogP contribution in [0.4, 0.5) is 24.7 Å². The summed E-state index contributed by atoms with van der Waals surface area (Å²) in [5.74, 6) is 0.868. The Morgan fingerprint density at radius 2 is 1.76 bits per heavy atom. The van der Waals surface area contributed by atoms with E-state index in [-0.39, 0.29) is 17.2 Å². The van der Waals surface area contributed by atoms with Crippen molar-refractivity contribution in [3.8, 4) is 11.5 Å². The molecule has 0 atom stereocenters. The van der Waals surface area contributed by atoms with Gasteiger partial charge in [0.2, 0.25) is 5.89 Å². The first kappa shape index (κ1) is 30.8. The lowest BCUT2D eigenvalue weighted by Gasteiger charge is -2.43. The first-order valence-electron chi connectivity index (χ1n) is 15.1. The first-order valence-corrected chi connectivity index (χ1v) is 15.1. The number of piperidine rings is 1. The number of aromatic nitrogens is 2. The number of nitrogens with one attached hydrogen (secondary N) is 1. The Hall–Kier alpha value is -5.17. The van der Waals surface area contributed by atoms with Crippen LogP contribution >= 0.6 is 0 Å². The van der Waals surface area contributed by atoms with Crippen LogP contribution in [-0.2, 0) is 11.6 Å². The fourth-order valence-corrected chi connectivity index (χ4v) is 6.04. The van der Waals surface area contributed by atoms with Crippen molar-refractivity contribution in [3.63, 3.8) is 0 Å². The van der Waals surface area contributed by atoms with Gasteiger partial charge >= 0.3 is 6.18 Å². The summed E-state index contributed by atoms with van der Waals surface area (Å²) in [5, 5.41) is 3.13. The Morgan fingerprint density at radius 1 is 1.04 bits per heavy atom. The molecule has 7 nitrogen and oxygen atoms in total. The van der Waals surface area contributed by atoms with Crippen LogP contribution in [0.5, 0.6) is 0 Å². The van der Waals surface area contributed by atoms with Crippen molar-refractivity contribution in [2.75, 3.05) is 24.5 Å². The molecule has 0 aliphatic carbocycles. The maximum absolute atomic E-state index is 13.3. The van der Waals surface area contributed by atoms with Gasteiger partial charge in [0.1, 0.15) is 5.82 Å². The molecule has 234 valence electrons. The molecule has 1 fully saturated rings. The molecule has 6 rings (SSSR count). The highest BCUT2D eigenvalue weighted by Gasteiger charge is 2.37. The van der Waals surface area contributed by atoms with E-state index in [1.165, 1.54) is 6.07 Å². The Labute approximate surface area is 264 Å². The van der Waals surface area contributed by atoms with Crippen LogP contribution in [0.3, 0.4) is 0 Å². The van der Waals surface area contributed by atoms with Crippen molar-refractivity contribution >= 4 is 28.5 Å². The van der Waals surface area contributed by atoms with Gasteiger partial charge in [-0.3, -0.25) is 4.79 Å². The number of hydrogen-bond donors (Lipinski definition) is 1. The number of fused-ring (bicyclic) bond motifs is 1. The number of hydrogen-bond acceptors (Lipinski definition) is 5. The number of halogens is 3. The van der Waals surface area contributed by atoms with Crippen LogP contribution in [0.1, 0.15) is 59.7 Å². The lowest BCUT2D eigenvalue weighted by molar-refractivity contribution is -0.137. The van der Waals surface area contributed by atoms with Crippen LogP contribution in [0, 0.1) is 6.57 Å². The van der Waals surface area contributed by atoms with E-state index < -0.39 is 11.7 Å². The van der Waals surface area contributed by atoms with Gasteiger partial charge in [-0.25, -0.2) is 14.8 Å². The molecule has 1 saturated heterocycles. The molecule has 46 heavy (non-hydrogen) atoms. The van der Waals surface area contributed by atoms with E-state index in [1.807, 2.05) is 43.0 Å². The van der Waals surface area contributed by atoms with E-state index in [0.29, 0.717) is 66.5 Å². The topological polar surface area (TPSA) is 75.6 Å². The second kappa shape index (κ2) is 12.3. The van der Waals surface area contributed by atoms with Gasteiger partial charge in [0.25, 0.3) is 5.91 Å². The largest absolute Gasteiger partial charge is 0.436 e. The highest BCUT2D eigenvalue weighted by atomic mass is 19.4. The summed E-state index contributed by atoms with van der Waals surface area (Å²) in [6, 6.07) is 23.1. The van der Waals surface area contributed by atoms with E-state index >= 15 is 0 Å². The molecule has 10 heteroatoms. The van der Waals surface area contributed by atoms with Crippen LogP contribution in [0.15, 0.2) is 89.5 Å². The molecule has 3 aromatic carbocycles. The number of pyridine rings is 1. The number of rotatable bonds is 7. The molecule has 2 aromatic heterocycles. The highest BCUT2D eigenvalue weighted by Crippen LogP contribution is 2.38. The normalized spacial score (nSPS) is 14.8. The third kappa shape index (κ3) is 6.18. The second-order valence-electron chi connectivity index (χ2n) is 12.0. The number of amides is 1. The lowest BCUT2D eigenvalue weighted by atomic mass is 9.72. The molecule has 1 amide bonds. The zero-order chi connectivity index (χ0) is 32.5. The second-order valence-corrected chi connectivity index (χ2v) is 12.0. The Balaban J connectivity index is 1.16. The summed E-state index contributed by atoms with van der Waals surface area (Å²) in [4.78, 5) is 27.6. The SMILES string of the molecule is [C-]#[N+]c1cc(C(C)C)c2oc(-c3ccc(C(=O)NCC4(c5ccccc5)CCN(c5ccc(C(F)(F)F)cn5)CC4)cc3)nc2c1. The molecule has 1 N–H and O–H groups in total. The van der Waals surface area contributed by atoms with E-state index in [9.17, 15) is 18.0 Å². The maximum atomic E-state index is 13.3. The molecular formula is C36H32F3N5O2. The van der Waals surface area contributed by atoms with Crippen molar-refractivity contribution in [2.24, 2.45) is 0 Å². The van der Waals surface area contributed by atoms with Crippen LogP contribution in [-0.4, -0.2) is 35.5 Å². The molecule has 0 saturated carbocycles. The molecule has 5 aromatic rings. The van der Waals surface area contributed by atoms with E-state index in [4.69, 9.17) is 11.0 Å². The summed E-state index contributed by atoms with van der Waals surface area (Å²) < 4.78 is 45.2. The number of nitrogens with zero attached hydrogens (tertiary/aromatic N) is 4. The van der Waals surface area contributed by atoms with Crippen molar-refractivity contribution in [2.45, 2.75) is 44.2 Å². The van der Waals surface area contributed by atoms with Crippen molar-refractivity contribution in [1.82, 2.24) is 15.3 Å². The van der Waals surface area contributed by atoms with Gasteiger partial charge in [-0.2, -0.15) is 13.2 Å². The zero-order valence-corrected chi connectivity index (χ0v) is 25.4. The Morgan fingerprint density at radius 3 is 2.37 bits per heavy atom. The highest BCUT2D eigenvalue weighted by molar-refractivity contribution is 5.94. The smallest absolute Gasteiger partial charge is 0.417 e. The summed E-state index contributed by atoms with van der Waals surface area (Å²) >= 11 is 0. The Bertz CT molecular complexity index is 1890. The third-order valence-corrected chi connectivity index (χ3v) is 8.74. The average molecular weight is 624 g/mol. The molecule has 0 bridgehead atoms. The minimum atomic E-state index is -4.43. The number of benzene rings is 3. The summed E-state index contributed by atoms with van der Waals surface area (Å²) in [5.41, 5.74) is 3.91. The third-order valence-electron chi connectivity index (χ3n) is 8.74. The van der Waals surface area contributed by atoms with Gasteiger partial charge < -0.3 is 14.6 Å². The molecule has 0 unspecified atom stereocenters. The first-order chi connectivity index (χ1) is 22.1. The minimum Gasteiger partial charge on any atom is -0.436 e. The van der Waals surface area contributed by atoms with Gasteiger partial charge in [-0.05, 0) is 78.4 Å². The lowest BCUT2D eigenvalue weighted by Crippen LogP contribution is -2.49. The van der Waals surface area contributed by atoms with Gasteiger partial charge in [0, 0.05) is 42.4 Å².